The lowest BCUT2D eigenvalue weighted by atomic mass is 9.97. The number of piperidine rings is 1. The number of carbonyl (C=O) groups excluding carboxylic acids is 8. The van der Waals surface area contributed by atoms with E-state index < -0.39 is 172 Å². The Balaban J connectivity index is 1.29. The van der Waals surface area contributed by atoms with Crippen molar-refractivity contribution in [3.8, 4) is 0 Å². The molecular weight excluding hydrogens is 1430 g/mol. The van der Waals surface area contributed by atoms with E-state index in [1.54, 1.807) is 4.90 Å². The zero-order valence-electron chi connectivity index (χ0n) is 58.9. The van der Waals surface area contributed by atoms with Crippen LogP contribution in [0.5, 0.6) is 0 Å². The van der Waals surface area contributed by atoms with Crippen LogP contribution in [0.2, 0.25) is 0 Å². The van der Waals surface area contributed by atoms with Crippen molar-refractivity contribution in [2.75, 3.05) is 184 Å². The van der Waals surface area contributed by atoms with Gasteiger partial charge in [-0.25, -0.2) is 0 Å². The van der Waals surface area contributed by atoms with Crippen LogP contribution in [0.25, 0.3) is 0 Å². The molecular formula is C61H109N9O32PS-. The maximum Gasteiger partial charge on any atom is 0.239 e. The Bertz CT molecular complexity index is 2490. The molecule has 602 valence electrons. The third-order valence-corrected chi connectivity index (χ3v) is 17.1. The van der Waals surface area contributed by atoms with E-state index >= 15 is 0 Å². The molecule has 0 radical (unpaired) electrons. The van der Waals surface area contributed by atoms with Crippen LogP contribution in [0.3, 0.4) is 0 Å². The molecule has 16 unspecified atom stereocenters. The molecule has 43 heteroatoms. The van der Waals surface area contributed by atoms with Gasteiger partial charge in [-0.1, -0.05) is 11.8 Å². The van der Waals surface area contributed by atoms with Gasteiger partial charge in [0.15, 0.2) is 18.9 Å². The quantitative estimate of drug-likeness (QED) is 0.0199. The third-order valence-electron chi connectivity index (χ3n) is 16.3. The Morgan fingerprint density at radius 1 is 0.481 bits per heavy atom. The van der Waals surface area contributed by atoms with Crippen molar-refractivity contribution in [3.63, 3.8) is 0 Å². The Hall–Kier alpha value is -4.59. The van der Waals surface area contributed by atoms with Crippen LogP contribution in [-0.4, -0.2) is 395 Å². The molecule has 16 N–H and O–H groups in total. The Morgan fingerprint density at radius 2 is 0.817 bits per heavy atom. The van der Waals surface area contributed by atoms with Gasteiger partial charge in [0.1, 0.15) is 79.8 Å². The van der Waals surface area contributed by atoms with E-state index in [0.29, 0.717) is 0 Å². The van der Waals surface area contributed by atoms with Crippen LogP contribution >= 0.6 is 6.72 Å². The normalized spacial score (nSPS) is 26.5. The molecule has 4 fully saturated rings. The maximum atomic E-state index is 13.9. The number of rotatable bonds is 52. The highest BCUT2D eigenvalue weighted by molar-refractivity contribution is 8.06. The first-order valence-electron chi connectivity index (χ1n) is 34.5. The highest BCUT2D eigenvalue weighted by atomic mass is 32.5. The first kappa shape index (κ1) is 91.8. The summed E-state index contributed by atoms with van der Waals surface area (Å²) in [6, 6.07) is -3.38. The molecule has 0 aromatic rings. The summed E-state index contributed by atoms with van der Waals surface area (Å²) in [7, 11) is 0. The van der Waals surface area contributed by atoms with Crippen molar-refractivity contribution in [2.24, 2.45) is 0 Å². The van der Waals surface area contributed by atoms with Gasteiger partial charge in [-0.2, -0.15) is 0 Å². The minimum Gasteiger partial charge on any atom is -0.780 e. The highest BCUT2D eigenvalue weighted by Crippen LogP contribution is 2.36. The van der Waals surface area contributed by atoms with Gasteiger partial charge in [0.2, 0.25) is 47.3 Å². The van der Waals surface area contributed by atoms with E-state index in [2.05, 4.69) is 43.7 Å². The van der Waals surface area contributed by atoms with Crippen LogP contribution in [0.1, 0.15) is 59.3 Å². The SMILES string of the molecule is CC(=O)NC1C(OCCOCCOCCNC(=O)CN(CCCN(CC(=O)NCCOCCOCCOC2OC(CO)C(O)C(O)C2NC(C)=O)C(=O)CCCC(=O)N2CCC(OP([O-])(O)=S)CC2)CC(=O)NCCOCCOCCOC2OC(CO)C(O)C(O)C2NC(C)=O)OC(CO)C(O)C1O. The Kier molecular flexibility index (Phi) is 45.0. The number of aliphatic hydroxyl groups is 9. The summed E-state index contributed by atoms with van der Waals surface area (Å²) in [6.07, 6.45) is -15.9. The first-order chi connectivity index (χ1) is 49.7. The van der Waals surface area contributed by atoms with Crippen LogP contribution in [0, 0.1) is 0 Å². The second-order valence-corrected chi connectivity index (χ2v) is 27.1. The van der Waals surface area contributed by atoms with Crippen molar-refractivity contribution in [1.82, 2.24) is 46.6 Å². The molecule has 4 aliphatic heterocycles. The molecule has 4 rings (SSSR count). The summed E-state index contributed by atoms with van der Waals surface area (Å²) < 4.78 is 72.0. The molecule has 4 aliphatic rings. The molecule has 0 aromatic carbocycles. The lowest BCUT2D eigenvalue weighted by molar-refractivity contribution is -0.272. The minimum atomic E-state index is -4.15. The van der Waals surface area contributed by atoms with Crippen LogP contribution in [0.4, 0.5) is 0 Å². The lowest BCUT2D eigenvalue weighted by Crippen LogP contribution is -2.64. The number of amides is 8. The van der Waals surface area contributed by atoms with Gasteiger partial charge in [-0.15, -0.1) is 0 Å². The number of likely N-dealkylation sites (tertiary alicyclic amines) is 1. The molecule has 0 aromatic heterocycles. The lowest BCUT2D eigenvalue weighted by Gasteiger charge is -2.42. The fourth-order valence-electron chi connectivity index (χ4n) is 11.1. The number of aliphatic hydroxyl groups excluding tert-OH is 9. The first-order valence-corrected chi connectivity index (χ1v) is 37.1. The van der Waals surface area contributed by atoms with Crippen molar-refractivity contribution < 1.29 is 155 Å². The fourth-order valence-corrected chi connectivity index (χ4v) is 12.1. The number of nitrogens with zero attached hydrogens (tertiary/aromatic N) is 3. The molecule has 8 amide bonds. The predicted molar refractivity (Wildman–Crippen MR) is 357 cm³/mol. The van der Waals surface area contributed by atoms with Crippen LogP contribution in [0.15, 0.2) is 0 Å². The van der Waals surface area contributed by atoms with Gasteiger partial charge >= 0.3 is 0 Å². The van der Waals surface area contributed by atoms with Crippen molar-refractivity contribution >= 4 is 65.8 Å². The second kappa shape index (κ2) is 50.9. The third kappa shape index (κ3) is 35.6. The standard InChI is InChI=1S/C61H110N9O32PS/c1-38(74)65-50-56(85)53(82)42(35-71)99-59(50)96-29-26-93-23-20-90-17-10-62-45(77)32-68(33-46(78)63-11-18-91-21-24-94-27-30-97-60-51(66-39(2)75)57(86)54(83)43(36-72)100-60)13-5-14-70(49(81)7-4-6-48(80)69-15-8-41(9-16-69)102-103(88,89)104)34-47(79)64-12-19-92-22-25-95-28-31-98-61-52(67-40(3)76)58(87)55(84)44(37-73)101-61/h41-44,50-61,71-73,82-87H,4-37H2,1-3H3,(H,62,77)(H,63,78)(H,64,79)(H,65,74)(H,66,75)(H,67,76)(H2,88,89,104)/p-1. The van der Waals surface area contributed by atoms with E-state index in [9.17, 15) is 94.1 Å². The van der Waals surface area contributed by atoms with Gasteiger partial charge in [0.25, 0.3) is 0 Å². The summed E-state index contributed by atoms with van der Waals surface area (Å²) in [4.78, 5) is 128. The Morgan fingerprint density at radius 3 is 1.15 bits per heavy atom. The smallest absolute Gasteiger partial charge is 0.239 e. The van der Waals surface area contributed by atoms with Crippen molar-refractivity contribution in [3.05, 3.63) is 0 Å². The summed E-state index contributed by atoms with van der Waals surface area (Å²) in [5, 5.41) is 106. The summed E-state index contributed by atoms with van der Waals surface area (Å²) in [5.41, 5.74) is 0. The minimum absolute atomic E-state index is 0.0227. The van der Waals surface area contributed by atoms with E-state index in [-0.39, 0.29) is 202 Å². The molecule has 0 bridgehead atoms. The van der Waals surface area contributed by atoms with Crippen molar-refractivity contribution in [1.29, 1.82) is 0 Å². The van der Waals surface area contributed by atoms with E-state index in [4.69, 9.17) is 61.4 Å². The van der Waals surface area contributed by atoms with Gasteiger partial charge < -0.3 is 159 Å². The summed E-state index contributed by atoms with van der Waals surface area (Å²) >= 11 is 4.48. The number of ether oxygens (including phenoxy) is 12. The Labute approximate surface area is 607 Å². The summed E-state index contributed by atoms with van der Waals surface area (Å²) in [6.45, 7) is -2.19. The molecule has 0 saturated carbocycles. The van der Waals surface area contributed by atoms with E-state index in [0.717, 1.165) is 0 Å². The van der Waals surface area contributed by atoms with Crippen LogP contribution in [-0.2, 0) is 112 Å². The molecule has 16 atom stereocenters. The zero-order valence-corrected chi connectivity index (χ0v) is 60.6. The van der Waals surface area contributed by atoms with Gasteiger partial charge in [-0.3, -0.25) is 43.3 Å². The molecule has 4 saturated heterocycles. The van der Waals surface area contributed by atoms with E-state index in [1.807, 2.05) is 0 Å². The molecule has 4 heterocycles. The average Bonchev–Trinajstić information content (AvgIpc) is 0.823. The molecule has 0 spiro atoms. The van der Waals surface area contributed by atoms with Crippen molar-refractivity contribution in [2.45, 2.75) is 157 Å². The number of nitrogens with one attached hydrogen (secondary N) is 6. The fraction of sp³-hybridized carbons (Fsp3) is 0.869. The molecule has 41 nitrogen and oxygen atoms in total. The summed E-state index contributed by atoms with van der Waals surface area (Å²) in [5.74, 6) is -3.81. The van der Waals surface area contributed by atoms with E-state index in [1.165, 1.54) is 30.6 Å². The topological polar surface area (TPSA) is 564 Å². The maximum absolute atomic E-state index is 13.9. The monoisotopic (exact) mass is 1540 g/mol. The van der Waals surface area contributed by atoms with Gasteiger partial charge in [0.05, 0.1) is 145 Å². The zero-order chi connectivity index (χ0) is 76.6. The van der Waals surface area contributed by atoms with Gasteiger partial charge in [-0.05, 0) is 25.7 Å². The predicted octanol–water partition coefficient (Wildman–Crippen LogP) is -10.4. The number of hydrogen-bond donors (Lipinski definition) is 16. The highest BCUT2D eigenvalue weighted by Gasteiger charge is 2.48. The molecule has 104 heavy (non-hydrogen) atoms. The number of carbonyl (C=O) groups is 8. The second-order valence-electron chi connectivity index (χ2n) is 24.5. The van der Waals surface area contributed by atoms with Gasteiger partial charge in [0, 0.05) is 79.4 Å². The molecule has 0 aliphatic carbocycles. The largest absolute Gasteiger partial charge is 0.780 e. The average molecular weight is 1540 g/mol. The number of hydrogen-bond acceptors (Lipinski definition) is 33. The van der Waals surface area contributed by atoms with Crippen LogP contribution < -0.4 is 36.8 Å².